The maximum Gasteiger partial charge on any atom is 0.246 e. The smallest absolute Gasteiger partial charge is 0.246 e. The van der Waals surface area contributed by atoms with Crippen LogP contribution in [0.4, 0.5) is 22.9 Å². The van der Waals surface area contributed by atoms with Gasteiger partial charge in [-0.15, -0.1) is 0 Å². The van der Waals surface area contributed by atoms with E-state index in [9.17, 15) is 14.4 Å². The average molecular weight is 755 g/mol. The van der Waals surface area contributed by atoms with Crippen molar-refractivity contribution in [3.63, 3.8) is 0 Å². The molecular weight excluding hydrogens is 717 g/mol. The molecule has 3 aromatic heterocycles. The number of nitrogens with one attached hydrogen (secondary N) is 1. The number of likely N-dealkylation sites (N-methyl/N-ethyl adjacent to an activating group) is 1. The molecule has 53 heavy (non-hydrogen) atoms. The summed E-state index contributed by atoms with van der Waals surface area (Å²) >= 11 is 13.4. The predicted octanol–water partition coefficient (Wildman–Crippen LogP) is 6.53. The lowest BCUT2D eigenvalue weighted by molar-refractivity contribution is -0.122. The molecule has 0 unspecified atom stereocenters. The molecule has 0 spiro atoms. The molecule has 14 heteroatoms. The zero-order chi connectivity index (χ0) is 37.5. The summed E-state index contributed by atoms with van der Waals surface area (Å²) in [4.78, 5) is 56.3. The molecule has 1 fully saturated rings. The Bertz CT molecular complexity index is 2160. The lowest BCUT2D eigenvalue weighted by Crippen LogP contribution is -2.37. The standard InChI is InChI=1S/C39H37Cl2N7O5/c1-25-21-33(47-17-19-52-20-18-47)29-5-4-6-34(39(29)45-25)53-24-30-31(40)9-10-32(38(30)41)46(3)37(51)23-44-36(50)12-8-27-7-11-35(43-22-27)48(26(2)49)28-13-15-42-16-14-28/h4-16,21-22H,17-20,23-24H2,1-3H3,(H,44,50). The molecule has 0 aliphatic carbocycles. The van der Waals surface area contributed by atoms with Gasteiger partial charge in [-0.3, -0.25) is 24.3 Å². The van der Waals surface area contributed by atoms with Gasteiger partial charge in [0.1, 0.15) is 23.7 Å². The zero-order valence-corrected chi connectivity index (χ0v) is 30.9. The van der Waals surface area contributed by atoms with E-state index in [-0.39, 0.29) is 24.1 Å². The monoisotopic (exact) mass is 753 g/mol. The number of para-hydroxylation sites is 1. The van der Waals surface area contributed by atoms with Crippen molar-refractivity contribution in [3.05, 3.63) is 112 Å². The van der Waals surface area contributed by atoms with Crippen molar-refractivity contribution in [2.24, 2.45) is 0 Å². The third-order valence-electron chi connectivity index (χ3n) is 8.61. The quantitative estimate of drug-likeness (QED) is 0.150. The van der Waals surface area contributed by atoms with Gasteiger partial charge in [-0.25, -0.2) is 9.97 Å². The Morgan fingerprint density at radius 2 is 1.81 bits per heavy atom. The fourth-order valence-corrected chi connectivity index (χ4v) is 6.49. The molecule has 5 aromatic rings. The van der Waals surface area contributed by atoms with Crippen LogP contribution in [0.15, 0.2) is 85.3 Å². The van der Waals surface area contributed by atoms with Crippen molar-refractivity contribution in [2.45, 2.75) is 20.5 Å². The van der Waals surface area contributed by atoms with E-state index in [1.807, 2.05) is 25.1 Å². The molecule has 0 saturated carbocycles. The maximum absolute atomic E-state index is 13.2. The van der Waals surface area contributed by atoms with Gasteiger partial charge in [-0.2, -0.15) is 0 Å². The van der Waals surface area contributed by atoms with E-state index in [2.05, 4.69) is 26.3 Å². The first-order chi connectivity index (χ1) is 25.6. The van der Waals surface area contributed by atoms with E-state index in [4.69, 9.17) is 37.7 Å². The molecule has 6 rings (SSSR count). The van der Waals surface area contributed by atoms with Crippen molar-refractivity contribution in [1.29, 1.82) is 0 Å². The number of fused-ring (bicyclic) bond motifs is 1. The Balaban J connectivity index is 1.08. The van der Waals surface area contributed by atoms with Crippen molar-refractivity contribution >= 4 is 80.8 Å². The summed E-state index contributed by atoms with van der Waals surface area (Å²) in [7, 11) is 1.57. The Morgan fingerprint density at radius 3 is 2.53 bits per heavy atom. The number of carbonyl (C=O) groups excluding carboxylic acids is 3. The second-order valence-corrected chi connectivity index (χ2v) is 13.0. The summed E-state index contributed by atoms with van der Waals surface area (Å²) in [5.74, 6) is -0.0950. The molecule has 0 atom stereocenters. The van der Waals surface area contributed by atoms with Crippen LogP contribution in [0.1, 0.15) is 23.7 Å². The van der Waals surface area contributed by atoms with Crippen LogP contribution in [0, 0.1) is 6.92 Å². The predicted molar refractivity (Wildman–Crippen MR) is 207 cm³/mol. The number of ether oxygens (including phenoxy) is 2. The van der Waals surface area contributed by atoms with Gasteiger partial charge in [0.25, 0.3) is 0 Å². The number of carbonyl (C=O) groups is 3. The third kappa shape index (κ3) is 8.74. The largest absolute Gasteiger partial charge is 0.487 e. The van der Waals surface area contributed by atoms with E-state index >= 15 is 0 Å². The first kappa shape index (κ1) is 37.2. The van der Waals surface area contributed by atoms with Gasteiger partial charge in [0, 0.05) is 79.1 Å². The molecule has 1 N–H and O–H groups in total. The number of halogens is 2. The summed E-state index contributed by atoms with van der Waals surface area (Å²) in [6.07, 6.45) is 7.58. The summed E-state index contributed by atoms with van der Waals surface area (Å²) in [5, 5.41) is 4.20. The summed E-state index contributed by atoms with van der Waals surface area (Å²) in [6, 6.07) is 18.0. The first-order valence-corrected chi connectivity index (χ1v) is 17.6. The summed E-state index contributed by atoms with van der Waals surface area (Å²) < 4.78 is 11.8. The van der Waals surface area contributed by atoms with E-state index in [0.29, 0.717) is 52.3 Å². The van der Waals surface area contributed by atoms with Gasteiger partial charge < -0.3 is 24.6 Å². The number of benzene rings is 2. The Kier molecular flexibility index (Phi) is 11.8. The van der Waals surface area contributed by atoms with Crippen molar-refractivity contribution < 1.29 is 23.9 Å². The van der Waals surface area contributed by atoms with Crippen molar-refractivity contribution in [1.82, 2.24) is 20.3 Å². The second-order valence-electron chi connectivity index (χ2n) is 12.2. The highest BCUT2D eigenvalue weighted by atomic mass is 35.5. The number of anilines is 4. The molecule has 1 saturated heterocycles. The molecule has 272 valence electrons. The Hall–Kier alpha value is -5.56. The van der Waals surface area contributed by atoms with Gasteiger partial charge >= 0.3 is 0 Å². The second kappa shape index (κ2) is 16.8. The summed E-state index contributed by atoms with van der Waals surface area (Å²) in [5.41, 5.74) is 4.83. The number of hydrogen-bond donors (Lipinski definition) is 1. The highest BCUT2D eigenvalue weighted by molar-refractivity contribution is 6.38. The highest BCUT2D eigenvalue weighted by Crippen LogP contribution is 2.37. The number of rotatable bonds is 11. The lowest BCUT2D eigenvalue weighted by Gasteiger charge is -2.30. The minimum absolute atomic E-state index is 0.0308. The fraction of sp³-hybridized carbons (Fsp3) is 0.231. The number of nitrogens with zero attached hydrogens (tertiary/aromatic N) is 6. The van der Waals surface area contributed by atoms with Crippen LogP contribution >= 0.6 is 23.2 Å². The van der Waals surface area contributed by atoms with Crippen LogP contribution in [0.5, 0.6) is 5.75 Å². The van der Waals surface area contributed by atoms with Crippen LogP contribution in [0.2, 0.25) is 10.0 Å². The molecule has 0 radical (unpaired) electrons. The van der Waals surface area contributed by atoms with Crippen LogP contribution in [-0.2, 0) is 25.7 Å². The summed E-state index contributed by atoms with van der Waals surface area (Å²) in [6.45, 7) is 6.06. The van der Waals surface area contributed by atoms with Gasteiger partial charge in [0.2, 0.25) is 17.7 Å². The molecular formula is C39H37Cl2N7O5. The molecule has 1 aliphatic heterocycles. The number of hydrogen-bond acceptors (Lipinski definition) is 9. The van der Waals surface area contributed by atoms with Crippen molar-refractivity contribution in [2.75, 3.05) is 54.6 Å². The minimum Gasteiger partial charge on any atom is -0.487 e. The van der Waals surface area contributed by atoms with Gasteiger partial charge in [-0.05, 0) is 67.1 Å². The number of aryl methyl sites for hydroxylation is 1. The maximum atomic E-state index is 13.2. The average Bonchev–Trinajstić information content (AvgIpc) is 3.17. The van der Waals surface area contributed by atoms with Crippen LogP contribution in [0.3, 0.4) is 0 Å². The molecule has 2 aromatic carbocycles. The normalized spacial score (nSPS) is 12.9. The van der Waals surface area contributed by atoms with E-state index < -0.39 is 11.8 Å². The topological polar surface area (TPSA) is 130 Å². The number of aromatic nitrogens is 3. The third-order valence-corrected chi connectivity index (χ3v) is 9.39. The number of amides is 3. The van der Waals surface area contributed by atoms with Crippen LogP contribution < -0.4 is 24.8 Å². The number of pyridine rings is 3. The molecule has 1 aliphatic rings. The first-order valence-electron chi connectivity index (χ1n) is 16.8. The van der Waals surface area contributed by atoms with E-state index in [1.54, 1.807) is 68.1 Å². The van der Waals surface area contributed by atoms with Gasteiger partial charge in [-0.1, -0.05) is 35.3 Å². The van der Waals surface area contributed by atoms with Gasteiger partial charge in [0.15, 0.2) is 0 Å². The van der Waals surface area contributed by atoms with E-state index in [0.717, 1.165) is 35.4 Å². The number of morpholine rings is 1. The fourth-order valence-electron chi connectivity index (χ4n) is 5.88. The van der Waals surface area contributed by atoms with Gasteiger partial charge in [0.05, 0.1) is 36.2 Å². The molecule has 4 heterocycles. The van der Waals surface area contributed by atoms with E-state index in [1.165, 1.54) is 22.8 Å². The zero-order valence-electron chi connectivity index (χ0n) is 29.4. The molecule has 12 nitrogen and oxygen atoms in total. The van der Waals surface area contributed by atoms with Crippen LogP contribution in [-0.4, -0.2) is 72.6 Å². The van der Waals surface area contributed by atoms with Crippen LogP contribution in [0.25, 0.3) is 17.0 Å². The molecule has 0 bridgehead atoms. The highest BCUT2D eigenvalue weighted by Gasteiger charge is 2.21. The molecule has 3 amide bonds. The SMILES string of the molecule is CC(=O)N(c1ccncc1)c1ccc(C=CC(=O)NCC(=O)N(C)c2ccc(Cl)c(COc3cccc4c(N5CCOCC5)cc(C)nc34)c2Cl)cn1. The van der Waals surface area contributed by atoms with Crippen molar-refractivity contribution in [3.8, 4) is 5.75 Å². The Morgan fingerprint density at radius 1 is 1.04 bits per heavy atom. The lowest BCUT2D eigenvalue weighted by atomic mass is 10.1. The Labute approximate surface area is 317 Å². The minimum atomic E-state index is -0.482.